The Morgan fingerprint density at radius 1 is 1.00 bits per heavy atom. The second-order valence-electron chi connectivity index (χ2n) is 5.81. The van der Waals surface area contributed by atoms with E-state index < -0.39 is 0 Å². The summed E-state index contributed by atoms with van der Waals surface area (Å²) < 4.78 is 5.60. The van der Waals surface area contributed by atoms with Crippen molar-refractivity contribution in [2.45, 2.75) is 0 Å². The third-order valence-corrected chi connectivity index (χ3v) is 4.54. The number of phenols is 1. The van der Waals surface area contributed by atoms with Crippen molar-refractivity contribution in [3.63, 3.8) is 0 Å². The molecule has 0 aliphatic rings. The third-order valence-electron chi connectivity index (χ3n) is 3.93. The fraction of sp³-hybridized carbons (Fsp3) is 0.0455. The molecule has 5 nitrogen and oxygen atoms in total. The van der Waals surface area contributed by atoms with Crippen LogP contribution in [-0.4, -0.2) is 29.9 Å². The lowest BCUT2D eigenvalue weighted by atomic mass is 10.0. The Kier molecular flexibility index (Phi) is 6.34. The first kappa shape index (κ1) is 19.5. The standard InChI is InChI=1S/C22H17BrN2O3/c1-28-19-13-15(12-18(23)22(19)27)14-24-25-20(16-8-4-2-5-9-16)21(26)17-10-6-3-7-11-17/h2-14,27H,1H3/b24-14+,25-20-. The fourth-order valence-electron chi connectivity index (χ4n) is 2.53. The topological polar surface area (TPSA) is 71.2 Å². The van der Waals surface area contributed by atoms with Crippen molar-refractivity contribution in [3.05, 3.63) is 94.0 Å². The number of Topliss-reactive ketones (excluding diaryl/α,β-unsaturated/α-hetero) is 1. The van der Waals surface area contributed by atoms with Gasteiger partial charge in [0, 0.05) is 11.1 Å². The normalized spacial score (nSPS) is 11.6. The number of carbonyl (C=O) groups is 1. The Morgan fingerprint density at radius 2 is 1.61 bits per heavy atom. The number of nitrogens with zero attached hydrogens (tertiary/aromatic N) is 2. The van der Waals surface area contributed by atoms with E-state index in [0.717, 1.165) is 0 Å². The van der Waals surface area contributed by atoms with Crippen LogP contribution in [0.15, 0.2) is 87.5 Å². The molecule has 0 aliphatic heterocycles. The maximum Gasteiger partial charge on any atom is 0.213 e. The van der Waals surface area contributed by atoms with Crippen molar-refractivity contribution in [3.8, 4) is 11.5 Å². The van der Waals surface area contributed by atoms with Crippen molar-refractivity contribution >= 4 is 33.6 Å². The molecule has 28 heavy (non-hydrogen) atoms. The van der Waals surface area contributed by atoms with E-state index in [1.165, 1.54) is 13.3 Å². The number of ketones is 1. The lowest BCUT2D eigenvalue weighted by molar-refractivity contribution is 0.106. The van der Waals surface area contributed by atoms with Gasteiger partial charge in [0.2, 0.25) is 5.78 Å². The van der Waals surface area contributed by atoms with Crippen molar-refractivity contribution in [2.24, 2.45) is 10.2 Å². The van der Waals surface area contributed by atoms with Gasteiger partial charge < -0.3 is 9.84 Å². The molecule has 0 atom stereocenters. The van der Waals surface area contributed by atoms with E-state index in [2.05, 4.69) is 26.1 Å². The van der Waals surface area contributed by atoms with Crippen LogP contribution < -0.4 is 4.74 Å². The first-order valence-corrected chi connectivity index (χ1v) is 9.22. The number of ether oxygens (including phenoxy) is 1. The Balaban J connectivity index is 1.97. The predicted octanol–water partition coefficient (Wildman–Crippen LogP) is 4.87. The lowest BCUT2D eigenvalue weighted by Crippen LogP contribution is -2.15. The molecule has 0 amide bonds. The number of rotatable bonds is 6. The van der Waals surface area contributed by atoms with Crippen LogP contribution in [0.1, 0.15) is 21.5 Å². The summed E-state index contributed by atoms with van der Waals surface area (Å²) in [5.74, 6) is 0.101. The fourth-order valence-corrected chi connectivity index (χ4v) is 2.99. The van der Waals surface area contributed by atoms with Crippen LogP contribution in [0.4, 0.5) is 0 Å². The molecule has 0 radical (unpaired) electrons. The van der Waals surface area contributed by atoms with Gasteiger partial charge in [-0.15, -0.1) is 5.10 Å². The van der Waals surface area contributed by atoms with Gasteiger partial charge in [-0.3, -0.25) is 4.79 Å². The summed E-state index contributed by atoms with van der Waals surface area (Å²) >= 11 is 3.27. The van der Waals surface area contributed by atoms with Gasteiger partial charge in [0.25, 0.3) is 0 Å². The smallest absolute Gasteiger partial charge is 0.213 e. The molecule has 3 aromatic rings. The molecule has 6 heteroatoms. The molecule has 1 N–H and O–H groups in total. The minimum absolute atomic E-state index is 0.00683. The van der Waals surface area contributed by atoms with E-state index in [1.54, 1.807) is 36.4 Å². The number of hydrogen-bond donors (Lipinski definition) is 1. The average molecular weight is 437 g/mol. The molecule has 0 fully saturated rings. The molecule has 0 unspecified atom stereocenters. The summed E-state index contributed by atoms with van der Waals surface area (Å²) in [6, 6.07) is 21.4. The van der Waals surface area contributed by atoms with Gasteiger partial charge in [-0.25, -0.2) is 0 Å². The molecule has 0 aromatic heterocycles. The molecule has 0 aliphatic carbocycles. The van der Waals surface area contributed by atoms with Crippen LogP contribution in [-0.2, 0) is 0 Å². The maximum atomic E-state index is 12.9. The number of phenolic OH excluding ortho intramolecular Hbond substituents is 1. The number of carbonyl (C=O) groups excluding carboxylic acids is 1. The zero-order valence-corrected chi connectivity index (χ0v) is 16.6. The van der Waals surface area contributed by atoms with Crippen LogP contribution in [0.3, 0.4) is 0 Å². The molecular formula is C22H17BrN2O3. The number of methoxy groups -OCH3 is 1. The third kappa shape index (κ3) is 4.53. The highest BCUT2D eigenvalue weighted by Crippen LogP contribution is 2.34. The Morgan fingerprint density at radius 3 is 2.21 bits per heavy atom. The average Bonchev–Trinajstić information content (AvgIpc) is 2.74. The SMILES string of the molecule is COc1cc(/C=N/N=C(\C(=O)c2ccccc2)c2ccccc2)cc(Br)c1O. The van der Waals surface area contributed by atoms with E-state index in [4.69, 9.17) is 4.74 Å². The molecule has 3 rings (SSSR count). The molecule has 0 heterocycles. The summed E-state index contributed by atoms with van der Waals surface area (Å²) in [5, 5.41) is 18.2. The van der Waals surface area contributed by atoms with Gasteiger partial charge in [0.15, 0.2) is 11.5 Å². The number of hydrogen-bond acceptors (Lipinski definition) is 5. The van der Waals surface area contributed by atoms with Gasteiger partial charge in [-0.2, -0.15) is 5.10 Å². The summed E-state index contributed by atoms with van der Waals surface area (Å²) in [6.07, 6.45) is 1.49. The van der Waals surface area contributed by atoms with Crippen LogP contribution in [0.25, 0.3) is 0 Å². The predicted molar refractivity (Wildman–Crippen MR) is 114 cm³/mol. The minimum atomic E-state index is -0.214. The summed E-state index contributed by atoms with van der Waals surface area (Å²) in [4.78, 5) is 12.9. The van der Waals surface area contributed by atoms with E-state index in [0.29, 0.717) is 26.9 Å². The molecule has 140 valence electrons. The van der Waals surface area contributed by atoms with Gasteiger partial charge in [-0.05, 0) is 33.6 Å². The van der Waals surface area contributed by atoms with E-state index in [-0.39, 0.29) is 17.2 Å². The molecule has 0 spiro atoms. The number of halogens is 1. The molecule has 0 saturated heterocycles. The quantitative estimate of drug-likeness (QED) is 0.340. The first-order valence-electron chi connectivity index (χ1n) is 8.43. The van der Waals surface area contributed by atoms with Gasteiger partial charge in [0.05, 0.1) is 17.8 Å². The monoisotopic (exact) mass is 436 g/mol. The van der Waals surface area contributed by atoms with Gasteiger partial charge in [0.1, 0.15) is 5.71 Å². The van der Waals surface area contributed by atoms with Crippen LogP contribution >= 0.6 is 15.9 Å². The largest absolute Gasteiger partial charge is 0.503 e. The highest BCUT2D eigenvalue weighted by molar-refractivity contribution is 9.10. The van der Waals surface area contributed by atoms with Crippen molar-refractivity contribution in [1.29, 1.82) is 0 Å². The lowest BCUT2D eigenvalue weighted by Gasteiger charge is -2.06. The minimum Gasteiger partial charge on any atom is -0.503 e. The number of aromatic hydroxyl groups is 1. The molecule has 0 bridgehead atoms. The molecule has 3 aromatic carbocycles. The zero-order valence-electron chi connectivity index (χ0n) is 15.0. The summed E-state index contributed by atoms with van der Waals surface area (Å²) in [7, 11) is 1.46. The molecule has 0 saturated carbocycles. The Hall–Kier alpha value is -3.25. The number of benzene rings is 3. The Bertz CT molecular complexity index is 1030. The maximum absolute atomic E-state index is 12.9. The zero-order chi connectivity index (χ0) is 19.9. The van der Waals surface area contributed by atoms with Gasteiger partial charge >= 0.3 is 0 Å². The van der Waals surface area contributed by atoms with Crippen molar-refractivity contribution in [2.75, 3.05) is 7.11 Å². The Labute approximate surface area is 171 Å². The van der Waals surface area contributed by atoms with Gasteiger partial charge in [-0.1, -0.05) is 60.7 Å². The van der Waals surface area contributed by atoms with E-state index in [1.807, 2.05) is 36.4 Å². The summed E-state index contributed by atoms with van der Waals surface area (Å²) in [6.45, 7) is 0. The van der Waals surface area contributed by atoms with E-state index in [9.17, 15) is 9.90 Å². The van der Waals surface area contributed by atoms with Crippen LogP contribution in [0.2, 0.25) is 0 Å². The molecular weight excluding hydrogens is 420 g/mol. The van der Waals surface area contributed by atoms with Crippen molar-refractivity contribution in [1.82, 2.24) is 0 Å². The van der Waals surface area contributed by atoms with Crippen molar-refractivity contribution < 1.29 is 14.6 Å². The highest BCUT2D eigenvalue weighted by atomic mass is 79.9. The highest BCUT2D eigenvalue weighted by Gasteiger charge is 2.16. The second kappa shape index (κ2) is 9.10. The first-order chi connectivity index (χ1) is 13.6. The van der Waals surface area contributed by atoms with Crippen LogP contribution in [0.5, 0.6) is 11.5 Å². The van der Waals surface area contributed by atoms with E-state index >= 15 is 0 Å². The van der Waals surface area contributed by atoms with Crippen LogP contribution in [0, 0.1) is 0 Å². The second-order valence-corrected chi connectivity index (χ2v) is 6.66. The summed E-state index contributed by atoms with van der Waals surface area (Å²) in [5.41, 5.74) is 2.12.